The van der Waals surface area contributed by atoms with Crippen LogP contribution in [0.3, 0.4) is 0 Å². The van der Waals surface area contributed by atoms with Gasteiger partial charge in [-0.2, -0.15) is 0 Å². The van der Waals surface area contributed by atoms with Crippen LogP contribution in [-0.2, 0) is 21.2 Å². The molecule has 1 aromatic heterocycles. The molecule has 3 rings (SSSR count). The fourth-order valence-electron chi connectivity index (χ4n) is 4.00. The fourth-order valence-corrected chi connectivity index (χ4v) is 4.98. The first-order chi connectivity index (χ1) is 20.1. The van der Waals surface area contributed by atoms with E-state index in [0.717, 1.165) is 30.4 Å². The molecular formula is C30H35N3O8S. The largest absolute Gasteiger partial charge is 0.515 e. The lowest BCUT2D eigenvalue weighted by Crippen LogP contribution is -2.31. The number of sulfonamides is 1. The molecule has 0 saturated heterocycles. The van der Waals surface area contributed by atoms with Crippen LogP contribution in [0.25, 0.3) is 0 Å². The van der Waals surface area contributed by atoms with Gasteiger partial charge in [0, 0.05) is 24.4 Å². The highest BCUT2D eigenvalue weighted by atomic mass is 32.2. The quantitative estimate of drug-likeness (QED) is 0.253. The van der Waals surface area contributed by atoms with Crippen molar-refractivity contribution in [1.82, 2.24) is 15.0 Å². The van der Waals surface area contributed by atoms with Crippen molar-refractivity contribution in [1.29, 1.82) is 0 Å². The van der Waals surface area contributed by atoms with Gasteiger partial charge in [0.1, 0.15) is 11.9 Å². The molecule has 224 valence electrons. The second kappa shape index (κ2) is 15.5. The zero-order valence-corrected chi connectivity index (χ0v) is 24.6. The summed E-state index contributed by atoms with van der Waals surface area (Å²) in [6.45, 7) is 4.35. The van der Waals surface area contributed by atoms with Crippen molar-refractivity contribution in [3.05, 3.63) is 83.6 Å². The number of benzene rings is 2. The van der Waals surface area contributed by atoms with Crippen LogP contribution in [0.15, 0.2) is 71.8 Å². The topological polar surface area (TPSA) is 150 Å². The molecule has 42 heavy (non-hydrogen) atoms. The number of hydrogen-bond acceptors (Lipinski definition) is 9. The van der Waals surface area contributed by atoms with Crippen LogP contribution in [0.1, 0.15) is 65.8 Å². The van der Waals surface area contributed by atoms with Gasteiger partial charge in [0.25, 0.3) is 21.8 Å². The van der Waals surface area contributed by atoms with Crippen molar-refractivity contribution in [3.63, 3.8) is 0 Å². The summed E-state index contributed by atoms with van der Waals surface area (Å²) in [5.41, 5.74) is 1.19. The zero-order chi connectivity index (χ0) is 30.5. The molecule has 1 heterocycles. The Morgan fingerprint density at radius 3 is 2.21 bits per heavy atom. The molecule has 0 aliphatic carbocycles. The van der Waals surface area contributed by atoms with Crippen molar-refractivity contribution in [2.24, 2.45) is 0 Å². The van der Waals surface area contributed by atoms with E-state index in [4.69, 9.17) is 14.2 Å². The molecule has 12 heteroatoms. The third kappa shape index (κ3) is 9.58. The third-order valence-electron chi connectivity index (χ3n) is 6.16. The van der Waals surface area contributed by atoms with E-state index >= 15 is 0 Å². The zero-order valence-electron chi connectivity index (χ0n) is 23.8. The number of rotatable bonds is 14. The van der Waals surface area contributed by atoms with Crippen LogP contribution in [-0.4, -0.2) is 51.1 Å². The van der Waals surface area contributed by atoms with Gasteiger partial charge < -0.3 is 19.5 Å². The van der Waals surface area contributed by atoms with Crippen molar-refractivity contribution in [3.8, 4) is 11.6 Å². The molecule has 11 nitrogen and oxygen atoms in total. The van der Waals surface area contributed by atoms with Crippen LogP contribution >= 0.6 is 0 Å². The minimum Gasteiger partial charge on any atom is -0.497 e. The standard InChI is InChI=1S/C30H35N3O8S/c1-4-7-24(8-5-2)40-30(36)41-27-16-13-23(20-32-27)29(35)33-42(37,38)26-14-11-22(12-15-26)28(34)31-18-17-21-9-6-10-25(19-21)39-3/h6,9-16,19-20,24H,4-5,7-8,17-18H2,1-3H3,(H,31,34)(H,33,35). The monoisotopic (exact) mass is 597 g/mol. The van der Waals surface area contributed by atoms with Crippen molar-refractivity contribution in [2.75, 3.05) is 13.7 Å². The van der Waals surface area contributed by atoms with Gasteiger partial charge >= 0.3 is 6.16 Å². The molecule has 0 spiro atoms. The number of aromatic nitrogens is 1. The summed E-state index contributed by atoms with van der Waals surface area (Å²) in [7, 11) is -2.66. The van der Waals surface area contributed by atoms with Gasteiger partial charge in [0.15, 0.2) is 0 Å². The first-order valence-corrected chi connectivity index (χ1v) is 15.1. The Hall–Kier alpha value is -4.45. The first kappa shape index (κ1) is 32.1. The summed E-state index contributed by atoms with van der Waals surface area (Å²) < 4.78 is 43.0. The second-order valence-electron chi connectivity index (χ2n) is 9.37. The maximum atomic E-state index is 12.8. The maximum absolute atomic E-state index is 12.8. The van der Waals surface area contributed by atoms with Gasteiger partial charge in [-0.25, -0.2) is 22.9 Å². The van der Waals surface area contributed by atoms with Gasteiger partial charge in [-0.1, -0.05) is 38.8 Å². The van der Waals surface area contributed by atoms with Crippen LogP contribution in [0.4, 0.5) is 4.79 Å². The molecule has 2 aromatic carbocycles. The number of nitrogens with zero attached hydrogens (tertiary/aromatic N) is 1. The Balaban J connectivity index is 1.52. The van der Waals surface area contributed by atoms with E-state index in [1.165, 1.54) is 36.4 Å². The minimum absolute atomic E-state index is 0.0684. The Morgan fingerprint density at radius 1 is 0.905 bits per heavy atom. The van der Waals surface area contributed by atoms with E-state index < -0.39 is 22.1 Å². The van der Waals surface area contributed by atoms with Crippen molar-refractivity contribution >= 4 is 28.0 Å². The summed E-state index contributed by atoms with van der Waals surface area (Å²) in [5.74, 6) is -0.662. The number of carbonyl (C=O) groups excluding carboxylic acids is 3. The predicted octanol–water partition coefficient (Wildman–Crippen LogP) is 4.67. The van der Waals surface area contributed by atoms with Gasteiger partial charge in [-0.15, -0.1) is 0 Å². The van der Waals surface area contributed by atoms with Gasteiger partial charge in [0.05, 0.1) is 17.6 Å². The summed E-state index contributed by atoms with van der Waals surface area (Å²) in [6.07, 6.45) is 3.66. The number of nitrogens with one attached hydrogen (secondary N) is 2. The molecule has 0 aliphatic heterocycles. The Labute approximate surface area is 245 Å². The summed E-state index contributed by atoms with van der Waals surface area (Å²) in [4.78, 5) is 40.8. The summed E-state index contributed by atoms with van der Waals surface area (Å²) >= 11 is 0. The third-order valence-corrected chi connectivity index (χ3v) is 7.50. The van der Waals surface area contributed by atoms with Crippen LogP contribution in [0.5, 0.6) is 11.6 Å². The molecule has 0 fully saturated rings. The molecule has 0 aliphatic rings. The number of amides is 2. The SMILES string of the molecule is CCCC(CCC)OC(=O)Oc1ccc(C(=O)NS(=O)(=O)c2ccc(C(=O)NCCc3cccc(OC)c3)cc2)cn1. The minimum atomic E-state index is -4.24. The highest BCUT2D eigenvalue weighted by Gasteiger charge is 2.20. The van der Waals surface area contributed by atoms with Gasteiger partial charge in [0.2, 0.25) is 5.88 Å². The molecule has 2 N–H and O–H groups in total. The number of pyridine rings is 1. The Morgan fingerprint density at radius 2 is 1.60 bits per heavy atom. The molecule has 0 atom stereocenters. The first-order valence-electron chi connectivity index (χ1n) is 13.6. The van der Waals surface area contributed by atoms with Crippen LogP contribution in [0.2, 0.25) is 0 Å². The number of carbonyl (C=O) groups is 3. The number of methoxy groups -OCH3 is 1. The molecule has 2 amide bonds. The van der Waals surface area contributed by atoms with Crippen LogP contribution in [0, 0.1) is 0 Å². The molecule has 0 unspecified atom stereocenters. The molecule has 0 saturated carbocycles. The van der Waals surface area contributed by atoms with E-state index in [1.807, 2.05) is 42.8 Å². The number of hydrogen-bond donors (Lipinski definition) is 2. The highest BCUT2D eigenvalue weighted by molar-refractivity contribution is 7.90. The van der Waals surface area contributed by atoms with Crippen molar-refractivity contribution < 1.29 is 37.0 Å². The second-order valence-corrected chi connectivity index (χ2v) is 11.1. The van der Waals surface area contributed by atoms with E-state index in [-0.39, 0.29) is 33.9 Å². The normalized spacial score (nSPS) is 11.0. The molecule has 0 bridgehead atoms. The lowest BCUT2D eigenvalue weighted by atomic mass is 10.1. The number of ether oxygens (including phenoxy) is 3. The average Bonchev–Trinajstić information content (AvgIpc) is 2.97. The van der Waals surface area contributed by atoms with E-state index in [2.05, 4.69) is 10.3 Å². The lowest BCUT2D eigenvalue weighted by Gasteiger charge is -2.15. The molecule has 3 aromatic rings. The van der Waals surface area contributed by atoms with Gasteiger partial charge in [-0.05, 0) is 67.3 Å². The van der Waals surface area contributed by atoms with Gasteiger partial charge in [-0.3, -0.25) is 9.59 Å². The van der Waals surface area contributed by atoms with Crippen molar-refractivity contribution in [2.45, 2.75) is 57.0 Å². The Kier molecular flexibility index (Phi) is 11.9. The smallest absolute Gasteiger partial charge is 0.497 e. The highest BCUT2D eigenvalue weighted by Crippen LogP contribution is 2.16. The predicted molar refractivity (Wildman–Crippen MR) is 155 cm³/mol. The lowest BCUT2D eigenvalue weighted by molar-refractivity contribution is 0.0490. The van der Waals surface area contributed by atoms with Crippen LogP contribution < -0.4 is 19.5 Å². The fraction of sp³-hybridized carbons (Fsp3) is 0.333. The molecular weight excluding hydrogens is 562 g/mol. The maximum Gasteiger partial charge on any atom is 0.515 e. The van der Waals surface area contributed by atoms with E-state index in [9.17, 15) is 22.8 Å². The Bertz CT molecular complexity index is 1450. The summed E-state index contributed by atoms with van der Waals surface area (Å²) in [5, 5.41) is 2.79. The van der Waals surface area contributed by atoms with E-state index in [0.29, 0.717) is 25.8 Å². The summed E-state index contributed by atoms with van der Waals surface area (Å²) in [6, 6.07) is 15.2. The molecule has 0 radical (unpaired) electrons. The average molecular weight is 598 g/mol. The van der Waals surface area contributed by atoms with E-state index in [1.54, 1.807) is 7.11 Å².